The van der Waals surface area contributed by atoms with Crippen molar-refractivity contribution in [1.82, 2.24) is 14.1 Å². The second-order valence-corrected chi connectivity index (χ2v) is 8.06. The van der Waals surface area contributed by atoms with Gasteiger partial charge in [-0.25, -0.2) is 12.8 Å². The Morgan fingerprint density at radius 1 is 1.08 bits per heavy atom. The summed E-state index contributed by atoms with van der Waals surface area (Å²) in [6, 6.07) is 6.15. The molecule has 2 aromatic rings. The molecule has 25 heavy (non-hydrogen) atoms. The molecule has 138 valence electrons. The van der Waals surface area contributed by atoms with Crippen LogP contribution in [0.4, 0.5) is 4.39 Å². The van der Waals surface area contributed by atoms with E-state index in [4.69, 9.17) is 0 Å². The van der Waals surface area contributed by atoms with Gasteiger partial charge in [0, 0.05) is 13.1 Å². The SMILES string of the molecule is CCCN(CCC)S(=O)(=O)c1c(C)nn(Cc2ccc(F)cc2)c1C. The van der Waals surface area contributed by atoms with Gasteiger partial charge >= 0.3 is 0 Å². The van der Waals surface area contributed by atoms with Gasteiger partial charge in [0.25, 0.3) is 0 Å². The monoisotopic (exact) mass is 367 g/mol. The van der Waals surface area contributed by atoms with Crippen LogP contribution in [-0.4, -0.2) is 35.6 Å². The summed E-state index contributed by atoms with van der Waals surface area (Å²) < 4.78 is 42.4. The second-order valence-electron chi connectivity index (χ2n) is 6.19. The van der Waals surface area contributed by atoms with Crippen molar-refractivity contribution in [2.24, 2.45) is 0 Å². The van der Waals surface area contributed by atoms with Crippen LogP contribution in [0.1, 0.15) is 43.6 Å². The first-order chi connectivity index (χ1) is 11.8. The van der Waals surface area contributed by atoms with Crippen LogP contribution in [-0.2, 0) is 16.6 Å². The Kier molecular flexibility index (Phi) is 6.35. The molecule has 0 bridgehead atoms. The van der Waals surface area contributed by atoms with Gasteiger partial charge in [0.2, 0.25) is 10.0 Å². The third-order valence-corrected chi connectivity index (χ3v) is 6.26. The molecule has 0 spiro atoms. The average molecular weight is 367 g/mol. The van der Waals surface area contributed by atoms with Crippen LogP contribution in [0.2, 0.25) is 0 Å². The minimum Gasteiger partial charge on any atom is -0.264 e. The van der Waals surface area contributed by atoms with Crippen LogP contribution in [0.15, 0.2) is 29.2 Å². The zero-order valence-corrected chi connectivity index (χ0v) is 16.1. The van der Waals surface area contributed by atoms with Crippen LogP contribution < -0.4 is 0 Å². The Morgan fingerprint density at radius 2 is 1.64 bits per heavy atom. The van der Waals surface area contributed by atoms with Crippen molar-refractivity contribution in [3.8, 4) is 0 Å². The third kappa shape index (κ3) is 4.27. The molecule has 1 heterocycles. The van der Waals surface area contributed by atoms with Gasteiger partial charge in [-0.2, -0.15) is 9.40 Å². The Labute approximate surface area is 149 Å². The molecule has 0 saturated carbocycles. The smallest absolute Gasteiger partial charge is 0.246 e. The zero-order valence-electron chi connectivity index (χ0n) is 15.3. The molecule has 0 fully saturated rings. The molecule has 0 aliphatic carbocycles. The Morgan fingerprint density at radius 3 is 2.16 bits per heavy atom. The number of nitrogens with zero attached hydrogens (tertiary/aromatic N) is 3. The predicted octanol–water partition coefficient (Wildman–Crippen LogP) is 3.50. The number of rotatable bonds is 8. The van der Waals surface area contributed by atoms with Crippen LogP contribution in [0.5, 0.6) is 0 Å². The van der Waals surface area contributed by atoms with Crippen molar-refractivity contribution in [1.29, 1.82) is 0 Å². The molecule has 0 unspecified atom stereocenters. The molecule has 5 nitrogen and oxygen atoms in total. The van der Waals surface area contributed by atoms with E-state index in [-0.39, 0.29) is 10.7 Å². The lowest BCUT2D eigenvalue weighted by Gasteiger charge is -2.21. The van der Waals surface area contributed by atoms with E-state index in [0.717, 1.165) is 18.4 Å². The average Bonchev–Trinajstić information content (AvgIpc) is 2.84. The molecule has 0 amide bonds. The van der Waals surface area contributed by atoms with Crippen LogP contribution >= 0.6 is 0 Å². The van der Waals surface area contributed by atoms with E-state index in [1.165, 1.54) is 16.4 Å². The molecule has 7 heteroatoms. The van der Waals surface area contributed by atoms with E-state index in [1.54, 1.807) is 30.7 Å². The normalized spacial score (nSPS) is 12.1. The molecule has 0 N–H and O–H groups in total. The van der Waals surface area contributed by atoms with E-state index < -0.39 is 10.0 Å². The van der Waals surface area contributed by atoms with Crippen molar-refractivity contribution < 1.29 is 12.8 Å². The number of benzene rings is 1. The number of hydrogen-bond acceptors (Lipinski definition) is 3. The third-order valence-electron chi connectivity index (χ3n) is 4.10. The summed E-state index contributed by atoms with van der Waals surface area (Å²) in [6.45, 7) is 8.83. The zero-order chi connectivity index (χ0) is 18.6. The van der Waals surface area contributed by atoms with Gasteiger partial charge in [0.15, 0.2) is 0 Å². The van der Waals surface area contributed by atoms with E-state index in [0.29, 0.717) is 31.0 Å². The molecule has 2 rings (SSSR count). The lowest BCUT2D eigenvalue weighted by atomic mass is 10.2. The summed E-state index contributed by atoms with van der Waals surface area (Å²) in [4.78, 5) is 0.288. The maximum Gasteiger partial charge on any atom is 0.246 e. The maximum absolute atomic E-state index is 13.1. The number of halogens is 1. The summed E-state index contributed by atoms with van der Waals surface area (Å²) in [5, 5.41) is 4.41. The highest BCUT2D eigenvalue weighted by Crippen LogP contribution is 2.24. The first-order valence-corrected chi connectivity index (χ1v) is 10.0. The molecule has 1 aromatic carbocycles. The molecular formula is C18H26FN3O2S. The molecule has 0 atom stereocenters. The van der Waals surface area contributed by atoms with Crippen LogP contribution in [0, 0.1) is 19.7 Å². The summed E-state index contributed by atoms with van der Waals surface area (Å²) >= 11 is 0. The minimum atomic E-state index is -3.57. The minimum absolute atomic E-state index is 0.288. The number of hydrogen-bond donors (Lipinski definition) is 0. The van der Waals surface area contributed by atoms with Gasteiger partial charge in [-0.3, -0.25) is 4.68 Å². The molecule has 1 aromatic heterocycles. The van der Waals surface area contributed by atoms with E-state index in [2.05, 4.69) is 5.10 Å². The van der Waals surface area contributed by atoms with Crippen molar-refractivity contribution in [2.45, 2.75) is 52.0 Å². The number of sulfonamides is 1. The highest BCUT2D eigenvalue weighted by molar-refractivity contribution is 7.89. The van der Waals surface area contributed by atoms with Crippen molar-refractivity contribution >= 4 is 10.0 Å². The summed E-state index contributed by atoms with van der Waals surface area (Å²) in [5.41, 5.74) is 1.98. The van der Waals surface area contributed by atoms with Gasteiger partial charge in [0.1, 0.15) is 10.7 Å². The van der Waals surface area contributed by atoms with Gasteiger partial charge in [-0.1, -0.05) is 26.0 Å². The lowest BCUT2D eigenvalue weighted by Crippen LogP contribution is -2.33. The Balaban J connectivity index is 2.39. The summed E-state index contributed by atoms with van der Waals surface area (Å²) in [7, 11) is -3.57. The van der Waals surface area contributed by atoms with Crippen molar-refractivity contribution in [2.75, 3.05) is 13.1 Å². The first kappa shape index (κ1) is 19.6. The van der Waals surface area contributed by atoms with Gasteiger partial charge in [-0.15, -0.1) is 0 Å². The summed E-state index contributed by atoms with van der Waals surface area (Å²) in [5.74, 6) is -0.296. The van der Waals surface area contributed by atoms with Gasteiger partial charge < -0.3 is 0 Å². The molecule has 0 aliphatic heterocycles. The first-order valence-electron chi connectivity index (χ1n) is 8.59. The molecule has 0 saturated heterocycles. The molecule has 0 aliphatic rings. The fraction of sp³-hybridized carbons (Fsp3) is 0.500. The highest BCUT2D eigenvalue weighted by Gasteiger charge is 2.30. The highest BCUT2D eigenvalue weighted by atomic mass is 32.2. The summed E-state index contributed by atoms with van der Waals surface area (Å²) in [6.07, 6.45) is 1.53. The largest absolute Gasteiger partial charge is 0.264 e. The number of aromatic nitrogens is 2. The van der Waals surface area contributed by atoms with E-state index >= 15 is 0 Å². The van der Waals surface area contributed by atoms with E-state index in [9.17, 15) is 12.8 Å². The topological polar surface area (TPSA) is 55.2 Å². The Bertz CT molecular complexity index is 808. The molecular weight excluding hydrogens is 341 g/mol. The van der Waals surface area contributed by atoms with Crippen molar-refractivity contribution in [3.05, 3.63) is 47.0 Å². The van der Waals surface area contributed by atoms with Crippen molar-refractivity contribution in [3.63, 3.8) is 0 Å². The maximum atomic E-state index is 13.1. The Hall–Kier alpha value is -1.73. The quantitative estimate of drug-likeness (QED) is 0.717. The second kappa shape index (κ2) is 8.10. The molecule has 0 radical (unpaired) electrons. The van der Waals surface area contributed by atoms with Crippen LogP contribution in [0.3, 0.4) is 0 Å². The fourth-order valence-electron chi connectivity index (χ4n) is 2.95. The van der Waals surface area contributed by atoms with E-state index in [1.807, 2.05) is 13.8 Å². The lowest BCUT2D eigenvalue weighted by molar-refractivity contribution is 0.409. The number of aryl methyl sites for hydroxylation is 1. The fourth-order valence-corrected chi connectivity index (χ4v) is 4.95. The predicted molar refractivity (Wildman–Crippen MR) is 96.5 cm³/mol. The standard InChI is InChI=1S/C18H26FN3O2S/c1-5-11-21(12-6-2)25(23,24)18-14(3)20-22(15(18)4)13-16-7-9-17(19)10-8-16/h7-10H,5-6,11-13H2,1-4H3. The van der Waals surface area contributed by atoms with Gasteiger partial charge in [-0.05, 0) is 44.4 Å². The van der Waals surface area contributed by atoms with Gasteiger partial charge in [0.05, 0.1) is 17.9 Å². The van der Waals surface area contributed by atoms with Crippen LogP contribution in [0.25, 0.3) is 0 Å².